The van der Waals surface area contributed by atoms with Gasteiger partial charge in [0.15, 0.2) is 0 Å². The van der Waals surface area contributed by atoms with Crippen molar-refractivity contribution in [3.05, 3.63) is 64.1 Å². The van der Waals surface area contributed by atoms with E-state index in [0.717, 1.165) is 28.9 Å². The van der Waals surface area contributed by atoms with Gasteiger partial charge in [0.25, 0.3) is 11.8 Å². The van der Waals surface area contributed by atoms with Gasteiger partial charge in [-0.15, -0.1) is 0 Å². The lowest BCUT2D eigenvalue weighted by Crippen LogP contribution is -2.43. The van der Waals surface area contributed by atoms with Crippen molar-refractivity contribution in [1.82, 2.24) is 5.32 Å². The summed E-state index contributed by atoms with van der Waals surface area (Å²) in [5.41, 5.74) is 3.45. The van der Waals surface area contributed by atoms with Crippen molar-refractivity contribution in [2.24, 2.45) is 11.8 Å². The second-order valence-electron chi connectivity index (χ2n) is 8.54. The fourth-order valence-electron chi connectivity index (χ4n) is 4.25. The first-order valence-electron chi connectivity index (χ1n) is 10.6. The van der Waals surface area contributed by atoms with Crippen LogP contribution in [0.1, 0.15) is 54.6 Å². The molecular weight excluding hydrogens is 392 g/mol. The van der Waals surface area contributed by atoms with Crippen LogP contribution < -0.4 is 10.6 Å². The average Bonchev–Trinajstić information content (AvgIpc) is 2.71. The Morgan fingerprint density at radius 2 is 2.00 bits per heavy atom. The van der Waals surface area contributed by atoms with Crippen LogP contribution in [0.4, 0.5) is 5.69 Å². The maximum Gasteiger partial charge on any atom is 0.262 e. The van der Waals surface area contributed by atoms with E-state index in [2.05, 4.69) is 30.5 Å². The van der Waals surface area contributed by atoms with Gasteiger partial charge in [0.05, 0.1) is 10.6 Å². The van der Waals surface area contributed by atoms with E-state index >= 15 is 0 Å². The van der Waals surface area contributed by atoms with Crippen molar-refractivity contribution in [2.45, 2.75) is 51.0 Å². The maximum atomic E-state index is 12.8. The number of nitrogens with one attached hydrogen (secondary N) is 2. The van der Waals surface area contributed by atoms with Crippen LogP contribution in [-0.4, -0.2) is 17.9 Å². The molecule has 0 saturated heterocycles. The lowest BCUT2D eigenvalue weighted by atomic mass is 9.78. The van der Waals surface area contributed by atoms with Crippen LogP contribution in [0, 0.1) is 18.8 Å². The number of hydrogen-bond acceptors (Lipinski definition) is 3. The third-order valence-corrected chi connectivity index (χ3v) is 7.40. The fraction of sp³-hybridized carbons (Fsp3) is 0.360. The summed E-state index contributed by atoms with van der Waals surface area (Å²) in [7, 11) is 0. The molecule has 1 aliphatic heterocycles. The SMILES string of the molecule is Cc1cccc(/C=C2/Sc3ccc(C(=O)N[C@@H]4CCC[C@H](C)[C@H]4C)cc3NC2=O)c1. The van der Waals surface area contributed by atoms with Crippen LogP contribution in [0.3, 0.4) is 0 Å². The molecule has 0 aromatic heterocycles. The molecule has 0 unspecified atom stereocenters. The predicted octanol–water partition coefficient (Wildman–Crippen LogP) is 5.63. The van der Waals surface area contributed by atoms with Crippen LogP contribution in [0.2, 0.25) is 0 Å². The zero-order valence-electron chi connectivity index (χ0n) is 17.7. The molecule has 3 atom stereocenters. The molecule has 1 heterocycles. The molecule has 30 heavy (non-hydrogen) atoms. The van der Waals surface area contributed by atoms with Gasteiger partial charge in [-0.1, -0.05) is 68.3 Å². The number of anilines is 1. The van der Waals surface area contributed by atoms with Gasteiger partial charge in [-0.25, -0.2) is 0 Å². The van der Waals surface area contributed by atoms with Gasteiger partial charge in [0, 0.05) is 16.5 Å². The highest BCUT2D eigenvalue weighted by atomic mass is 32.2. The number of amides is 2. The molecule has 2 N–H and O–H groups in total. The fourth-order valence-corrected chi connectivity index (χ4v) is 5.18. The molecule has 2 aromatic rings. The van der Waals surface area contributed by atoms with E-state index < -0.39 is 0 Å². The lowest BCUT2D eigenvalue weighted by molar-refractivity contribution is -0.112. The number of fused-ring (bicyclic) bond motifs is 1. The monoisotopic (exact) mass is 420 g/mol. The molecule has 5 heteroatoms. The van der Waals surface area contributed by atoms with Gasteiger partial charge in [0.2, 0.25) is 0 Å². The highest BCUT2D eigenvalue weighted by Gasteiger charge is 2.29. The Labute approximate surface area is 182 Å². The Morgan fingerprint density at radius 3 is 2.80 bits per heavy atom. The molecule has 2 aromatic carbocycles. The maximum absolute atomic E-state index is 12.8. The topological polar surface area (TPSA) is 58.2 Å². The Kier molecular flexibility index (Phi) is 6.00. The predicted molar refractivity (Wildman–Crippen MR) is 124 cm³/mol. The lowest BCUT2D eigenvalue weighted by Gasteiger charge is -2.34. The second kappa shape index (κ2) is 8.68. The largest absolute Gasteiger partial charge is 0.349 e. The zero-order chi connectivity index (χ0) is 21.3. The standard InChI is InChI=1S/C25H28N2O2S/c1-15-6-4-8-18(12-15)13-23-25(29)27-21-14-19(10-11-22(21)30-23)24(28)26-20-9-5-7-16(2)17(20)3/h4,6,8,10-14,16-17,20H,5,7,9H2,1-3H3,(H,26,28)(H,27,29)/b23-13+/t16-,17+,20+/m0/s1. The Bertz CT molecular complexity index is 1010. The van der Waals surface area contributed by atoms with Crippen molar-refractivity contribution in [2.75, 3.05) is 5.32 Å². The number of hydrogen-bond donors (Lipinski definition) is 2. The van der Waals surface area contributed by atoms with Crippen molar-refractivity contribution in [3.8, 4) is 0 Å². The number of rotatable bonds is 3. The second-order valence-corrected chi connectivity index (χ2v) is 9.62. The highest BCUT2D eigenvalue weighted by Crippen LogP contribution is 2.39. The summed E-state index contributed by atoms with van der Waals surface area (Å²) in [5, 5.41) is 6.16. The third kappa shape index (κ3) is 4.46. The van der Waals surface area contributed by atoms with E-state index in [0.29, 0.717) is 28.0 Å². The van der Waals surface area contributed by atoms with Crippen molar-refractivity contribution in [3.63, 3.8) is 0 Å². The summed E-state index contributed by atoms with van der Waals surface area (Å²) in [6.07, 6.45) is 5.32. The van der Waals surface area contributed by atoms with E-state index in [1.807, 2.05) is 43.3 Å². The van der Waals surface area contributed by atoms with Crippen LogP contribution in [0.5, 0.6) is 0 Å². The molecule has 4 nitrogen and oxygen atoms in total. The van der Waals surface area contributed by atoms with Gasteiger partial charge in [-0.3, -0.25) is 9.59 Å². The van der Waals surface area contributed by atoms with Crippen LogP contribution in [0.25, 0.3) is 6.08 Å². The molecule has 2 amide bonds. The molecule has 1 aliphatic carbocycles. The van der Waals surface area contributed by atoms with Crippen molar-refractivity contribution < 1.29 is 9.59 Å². The smallest absolute Gasteiger partial charge is 0.262 e. The van der Waals surface area contributed by atoms with Crippen molar-refractivity contribution in [1.29, 1.82) is 0 Å². The van der Waals surface area contributed by atoms with Crippen molar-refractivity contribution >= 4 is 35.3 Å². The zero-order valence-corrected chi connectivity index (χ0v) is 18.5. The van der Waals surface area contributed by atoms with Gasteiger partial charge in [-0.05, 0) is 55.0 Å². The first-order chi connectivity index (χ1) is 14.4. The summed E-state index contributed by atoms with van der Waals surface area (Å²) in [6.45, 7) is 6.52. The van der Waals surface area contributed by atoms with Gasteiger partial charge in [-0.2, -0.15) is 0 Å². The number of carbonyl (C=O) groups is 2. The number of thioether (sulfide) groups is 1. The summed E-state index contributed by atoms with van der Waals surface area (Å²) in [4.78, 5) is 27.0. The number of aryl methyl sites for hydroxylation is 1. The number of benzene rings is 2. The number of carbonyl (C=O) groups excluding carboxylic acids is 2. The minimum atomic E-state index is -0.138. The van der Waals surface area contributed by atoms with Gasteiger partial charge >= 0.3 is 0 Å². The van der Waals surface area contributed by atoms with E-state index in [4.69, 9.17) is 0 Å². The highest BCUT2D eigenvalue weighted by molar-refractivity contribution is 8.04. The molecule has 0 radical (unpaired) electrons. The molecule has 0 bridgehead atoms. The first kappa shape index (κ1) is 20.7. The molecule has 156 valence electrons. The molecule has 0 spiro atoms. The van der Waals surface area contributed by atoms with Gasteiger partial charge in [0.1, 0.15) is 0 Å². The minimum absolute atomic E-state index is 0.0656. The Morgan fingerprint density at radius 1 is 1.17 bits per heavy atom. The molecule has 2 aliphatic rings. The van der Waals surface area contributed by atoms with E-state index in [1.165, 1.54) is 18.2 Å². The normalized spacial score (nSPS) is 24.8. The molecular formula is C25H28N2O2S. The minimum Gasteiger partial charge on any atom is -0.349 e. The first-order valence-corrected chi connectivity index (χ1v) is 11.4. The Hall–Kier alpha value is -2.53. The molecule has 4 rings (SSSR count). The van der Waals surface area contributed by atoms with E-state index in [-0.39, 0.29) is 17.9 Å². The summed E-state index contributed by atoms with van der Waals surface area (Å²) < 4.78 is 0. The summed E-state index contributed by atoms with van der Waals surface area (Å²) in [6, 6.07) is 13.8. The van der Waals surface area contributed by atoms with Gasteiger partial charge < -0.3 is 10.6 Å². The summed E-state index contributed by atoms with van der Waals surface area (Å²) in [5.74, 6) is 0.900. The average molecular weight is 421 g/mol. The third-order valence-electron chi connectivity index (χ3n) is 6.30. The molecule has 1 fully saturated rings. The van der Waals surface area contributed by atoms with E-state index in [9.17, 15) is 9.59 Å². The molecule has 1 saturated carbocycles. The van der Waals surface area contributed by atoms with Crippen LogP contribution in [-0.2, 0) is 4.79 Å². The Balaban J connectivity index is 1.50. The van der Waals surface area contributed by atoms with Crippen LogP contribution in [0.15, 0.2) is 52.3 Å². The van der Waals surface area contributed by atoms with Crippen LogP contribution >= 0.6 is 11.8 Å². The summed E-state index contributed by atoms with van der Waals surface area (Å²) >= 11 is 1.44. The van der Waals surface area contributed by atoms with E-state index in [1.54, 1.807) is 6.07 Å². The quantitative estimate of drug-likeness (QED) is 0.632.